The Labute approximate surface area is 100 Å². The first kappa shape index (κ1) is 17.1. The third-order valence-corrected chi connectivity index (χ3v) is 2.74. The van der Waals surface area contributed by atoms with Crippen LogP contribution in [-0.2, 0) is 0 Å². The molecule has 1 aliphatic rings. The summed E-state index contributed by atoms with van der Waals surface area (Å²) < 4.78 is 162. The molecule has 1 saturated carbocycles. The molecule has 1 aliphatic carbocycles. The number of alkyl halides is 13. The van der Waals surface area contributed by atoms with E-state index < -0.39 is 41.7 Å². The van der Waals surface area contributed by atoms with E-state index in [1.54, 1.807) is 0 Å². The van der Waals surface area contributed by atoms with Crippen molar-refractivity contribution in [3.05, 3.63) is 0 Å². The highest BCUT2D eigenvalue weighted by Gasteiger charge is 2.99. The van der Waals surface area contributed by atoms with Crippen molar-refractivity contribution in [2.75, 3.05) is 0 Å². The van der Waals surface area contributed by atoms with Gasteiger partial charge in [0.25, 0.3) is 0 Å². The molecule has 120 valence electrons. The van der Waals surface area contributed by atoms with Gasteiger partial charge in [0.15, 0.2) is 0 Å². The van der Waals surface area contributed by atoms with Crippen molar-refractivity contribution < 1.29 is 57.1 Å². The molecule has 0 aromatic rings. The maximum absolute atomic E-state index is 13.0. The van der Waals surface area contributed by atoms with Crippen LogP contribution in [0.2, 0.25) is 0 Å². The first-order chi connectivity index (χ1) is 8.40. The lowest BCUT2D eigenvalue weighted by molar-refractivity contribution is -0.473. The second-order valence-corrected chi connectivity index (χ2v) is 3.92. The molecule has 0 N–H and O–H groups in total. The Kier molecular flexibility index (Phi) is 3.12. The Morgan fingerprint density at radius 3 is 1.25 bits per heavy atom. The fraction of sp³-hybridized carbons (Fsp3) is 1.00. The fourth-order valence-electron chi connectivity index (χ4n) is 1.52. The molecule has 0 aliphatic heterocycles. The Hall–Kier alpha value is -0.910. The molecule has 1 fully saturated rings. The van der Waals surface area contributed by atoms with Crippen molar-refractivity contribution in [2.24, 2.45) is 0 Å². The molecule has 2 atom stereocenters. The lowest BCUT2D eigenvalue weighted by Gasteiger charge is -2.50. The molecule has 0 radical (unpaired) electrons. The third kappa shape index (κ3) is 1.41. The average Bonchev–Trinajstić information content (AvgIpc) is 2.22. The van der Waals surface area contributed by atoms with Crippen LogP contribution in [0.5, 0.6) is 0 Å². The van der Waals surface area contributed by atoms with Gasteiger partial charge in [0.05, 0.1) is 0 Å². The van der Waals surface area contributed by atoms with E-state index in [2.05, 4.69) is 0 Å². The topological polar surface area (TPSA) is 0 Å². The Morgan fingerprint density at radius 1 is 0.600 bits per heavy atom. The van der Waals surface area contributed by atoms with E-state index in [1.165, 1.54) is 0 Å². The summed E-state index contributed by atoms with van der Waals surface area (Å²) >= 11 is 0. The Balaban J connectivity index is 3.76. The van der Waals surface area contributed by atoms with Gasteiger partial charge in [0.1, 0.15) is 0 Å². The van der Waals surface area contributed by atoms with Gasteiger partial charge in [-0.2, -0.15) is 48.3 Å². The monoisotopic (exact) mass is 332 g/mol. The Morgan fingerprint density at radius 2 is 0.950 bits per heavy atom. The molecule has 0 heterocycles. The first-order valence-electron chi connectivity index (χ1n) is 4.31. The summed E-state index contributed by atoms with van der Waals surface area (Å²) in [5.74, 6) is -29.2. The van der Waals surface area contributed by atoms with Crippen molar-refractivity contribution in [1.29, 1.82) is 0 Å². The second-order valence-electron chi connectivity index (χ2n) is 3.92. The van der Waals surface area contributed by atoms with Gasteiger partial charge < -0.3 is 0 Å². The van der Waals surface area contributed by atoms with Gasteiger partial charge in [0.2, 0.25) is 6.17 Å². The van der Waals surface area contributed by atoms with Crippen molar-refractivity contribution in [3.8, 4) is 0 Å². The fourth-order valence-corrected chi connectivity index (χ4v) is 1.52. The summed E-state index contributed by atoms with van der Waals surface area (Å²) in [7, 11) is 0. The highest BCUT2D eigenvalue weighted by Crippen LogP contribution is 2.68. The lowest BCUT2D eigenvalue weighted by Crippen LogP contribution is -2.83. The van der Waals surface area contributed by atoms with Crippen LogP contribution < -0.4 is 0 Å². The first-order valence-corrected chi connectivity index (χ1v) is 4.31. The van der Waals surface area contributed by atoms with Gasteiger partial charge in [-0.25, -0.2) is 8.78 Å². The predicted molar refractivity (Wildman–Crippen MR) is 34.6 cm³/mol. The number of hydrogen-bond acceptors (Lipinski definition) is 0. The number of hydrogen-bond donors (Lipinski definition) is 0. The maximum Gasteiger partial charge on any atom is 0.432 e. The molecule has 0 spiro atoms. The normalized spacial score (nSPS) is 38.5. The summed E-state index contributed by atoms with van der Waals surface area (Å²) in [6.45, 7) is 0. The molecular weight excluding hydrogens is 331 g/mol. The minimum Gasteiger partial charge on any atom is -0.236 e. The van der Waals surface area contributed by atoms with Crippen molar-refractivity contribution in [1.82, 2.24) is 0 Å². The average molecular weight is 332 g/mol. The van der Waals surface area contributed by atoms with Crippen molar-refractivity contribution in [2.45, 2.75) is 41.7 Å². The van der Waals surface area contributed by atoms with Crippen molar-refractivity contribution >= 4 is 0 Å². The smallest absolute Gasteiger partial charge is 0.236 e. The van der Waals surface area contributed by atoms with Crippen LogP contribution in [0.4, 0.5) is 57.1 Å². The van der Waals surface area contributed by atoms with E-state index in [1.807, 2.05) is 0 Å². The number of halogens is 13. The van der Waals surface area contributed by atoms with Gasteiger partial charge in [0, 0.05) is 0 Å². The van der Waals surface area contributed by atoms with Gasteiger partial charge in [-0.15, -0.1) is 0 Å². The zero-order chi connectivity index (χ0) is 16.6. The van der Waals surface area contributed by atoms with Crippen LogP contribution in [0.1, 0.15) is 0 Å². The van der Waals surface area contributed by atoms with Crippen LogP contribution in [-0.4, -0.2) is 41.7 Å². The number of rotatable bonds is 0. The van der Waals surface area contributed by atoms with E-state index in [4.69, 9.17) is 0 Å². The zero-order valence-corrected chi connectivity index (χ0v) is 8.49. The molecule has 0 saturated heterocycles. The highest BCUT2D eigenvalue weighted by molar-refractivity contribution is 5.25. The quantitative estimate of drug-likeness (QED) is 0.585. The molecule has 0 nitrogen and oxygen atoms in total. The summed E-state index contributed by atoms with van der Waals surface area (Å²) in [6.07, 6.45) is -13.2. The van der Waals surface area contributed by atoms with E-state index in [0.717, 1.165) is 0 Å². The highest BCUT2D eigenvalue weighted by atomic mass is 19.4. The van der Waals surface area contributed by atoms with Crippen LogP contribution in [0.3, 0.4) is 0 Å². The second kappa shape index (κ2) is 3.64. The predicted octanol–water partition coefficient (Wildman–Crippen LogP) is 4.15. The van der Waals surface area contributed by atoms with E-state index in [-0.39, 0.29) is 0 Å². The molecule has 2 unspecified atom stereocenters. The van der Waals surface area contributed by atoms with Gasteiger partial charge in [-0.05, 0) is 0 Å². The van der Waals surface area contributed by atoms with E-state index in [9.17, 15) is 57.1 Å². The van der Waals surface area contributed by atoms with Crippen molar-refractivity contribution in [3.63, 3.8) is 0 Å². The molecule has 0 amide bonds. The van der Waals surface area contributed by atoms with Gasteiger partial charge in [-0.1, -0.05) is 0 Å². The van der Waals surface area contributed by atoms with Crippen LogP contribution >= 0.6 is 0 Å². The van der Waals surface area contributed by atoms with Crippen LogP contribution in [0, 0.1) is 0 Å². The van der Waals surface area contributed by atoms with Crippen LogP contribution in [0.15, 0.2) is 0 Å². The summed E-state index contributed by atoms with van der Waals surface area (Å²) in [6, 6.07) is 0. The molecule has 1 rings (SSSR count). The lowest BCUT2D eigenvalue weighted by atomic mass is 9.73. The van der Waals surface area contributed by atoms with E-state index in [0.29, 0.717) is 0 Å². The maximum atomic E-state index is 13.0. The molecular formula is C7HF13. The van der Waals surface area contributed by atoms with Crippen LogP contribution in [0.25, 0.3) is 0 Å². The Bertz CT molecular complexity index is 405. The molecule has 13 heteroatoms. The largest absolute Gasteiger partial charge is 0.432 e. The molecule has 0 aromatic carbocycles. The summed E-state index contributed by atoms with van der Waals surface area (Å²) in [5.41, 5.74) is -7.19. The molecule has 0 bridgehead atoms. The van der Waals surface area contributed by atoms with Gasteiger partial charge >= 0.3 is 35.5 Å². The summed E-state index contributed by atoms with van der Waals surface area (Å²) in [5, 5.41) is 0. The van der Waals surface area contributed by atoms with E-state index >= 15 is 0 Å². The zero-order valence-electron chi connectivity index (χ0n) is 8.49. The standard InChI is InChI=1S/C7HF13/c8-1-2(9,7(18,19)20)4(12,13)6(16,17)5(14,15)3(1,10)11/h1H. The molecule has 20 heavy (non-hydrogen) atoms. The minimum atomic E-state index is -7.48. The van der Waals surface area contributed by atoms with Gasteiger partial charge in [-0.3, -0.25) is 0 Å². The SMILES string of the molecule is FC1C(F)(F)C(F)(F)C(F)(F)C(F)(F)C1(F)C(F)(F)F. The summed E-state index contributed by atoms with van der Waals surface area (Å²) in [4.78, 5) is 0. The molecule has 0 aromatic heterocycles. The third-order valence-electron chi connectivity index (χ3n) is 2.74. The minimum absolute atomic E-state index is 5.93.